The molecule has 0 radical (unpaired) electrons. The molecule has 0 aromatic carbocycles. The number of aromatic nitrogens is 1. The third kappa shape index (κ3) is 5.33. The van der Waals surface area contributed by atoms with Gasteiger partial charge < -0.3 is 20.9 Å². The summed E-state index contributed by atoms with van der Waals surface area (Å²) in [6.45, 7) is 7.65. The Morgan fingerprint density at radius 3 is 2.72 bits per heavy atom. The van der Waals surface area contributed by atoms with E-state index in [1.165, 1.54) is 6.20 Å². The number of hydrogen-bond acceptors (Lipinski definition) is 10. The van der Waals surface area contributed by atoms with Crippen LogP contribution in [0, 0.1) is 10.8 Å². The minimum atomic E-state index is -1.33. The Hall–Kier alpha value is -2.74. The zero-order chi connectivity index (χ0) is 26.0. The van der Waals surface area contributed by atoms with Gasteiger partial charge in [-0.25, -0.2) is 4.39 Å². The molecular weight excluding hydrogens is 469 g/mol. The van der Waals surface area contributed by atoms with Gasteiger partial charge in [0.25, 0.3) is 0 Å². The Morgan fingerprint density at radius 1 is 1.28 bits per heavy atom. The first-order chi connectivity index (χ1) is 17.2. The van der Waals surface area contributed by atoms with Crippen LogP contribution in [0.15, 0.2) is 23.6 Å². The average molecular weight is 506 g/mol. The van der Waals surface area contributed by atoms with Crippen LogP contribution in [0.2, 0.25) is 0 Å². The van der Waals surface area contributed by atoms with Gasteiger partial charge in [0, 0.05) is 58.1 Å². The van der Waals surface area contributed by atoms with Crippen molar-refractivity contribution < 1.29 is 14.0 Å². The number of nitrogens with zero attached hydrogens (tertiary/aromatic N) is 6. The minimum Gasteiger partial charge on any atom is -0.366 e. The molecule has 0 bridgehead atoms. The number of anilines is 2. The number of nitrogens with one attached hydrogen (secondary N) is 2. The fraction of sp³-hybridized carbons (Fsp3) is 0.696. The van der Waals surface area contributed by atoms with Crippen LogP contribution in [0.1, 0.15) is 13.8 Å². The van der Waals surface area contributed by atoms with E-state index in [0.29, 0.717) is 18.8 Å². The summed E-state index contributed by atoms with van der Waals surface area (Å²) in [5.74, 6) is -1.46. The van der Waals surface area contributed by atoms with Crippen molar-refractivity contribution in [3.63, 3.8) is 0 Å². The number of hydrogen-bond donors (Lipinski definition) is 3. The number of carbonyl (C=O) groups excluding carboxylic acids is 2. The van der Waals surface area contributed by atoms with Crippen molar-refractivity contribution >= 4 is 23.2 Å². The van der Waals surface area contributed by atoms with Crippen LogP contribution in [0.5, 0.6) is 0 Å². The maximum atomic E-state index is 13.8. The van der Waals surface area contributed by atoms with E-state index in [9.17, 15) is 18.9 Å². The Bertz CT molecular complexity index is 967. The number of pyridine rings is 1. The van der Waals surface area contributed by atoms with Gasteiger partial charge in [-0.15, -0.1) is 4.91 Å². The summed E-state index contributed by atoms with van der Waals surface area (Å²) in [4.78, 5) is 49.9. The van der Waals surface area contributed by atoms with E-state index < -0.39 is 30.3 Å². The standard InChI is InChI=1S/C23H36FN9O3/c1-14(2)33-9-8-31-6-7-32(13-18(31)23(33)35)17-4-5-26-11-16(17)28-22(34)19(20(25)29-36)21-27-10-15(24)12-30(21)3/h4-5,11,14-15,18-21,27H,6-10,12-13,25H2,1-3H3,(H,28,34). The number of rotatable bonds is 7. The highest BCUT2D eigenvalue weighted by Gasteiger charge is 2.42. The number of fused-ring (bicyclic) bond motifs is 1. The fourth-order valence-electron chi connectivity index (χ4n) is 5.41. The van der Waals surface area contributed by atoms with Crippen LogP contribution in [0.25, 0.3) is 0 Å². The van der Waals surface area contributed by atoms with E-state index >= 15 is 0 Å². The predicted octanol–water partition coefficient (Wildman–Crippen LogP) is -0.372. The molecule has 0 saturated carbocycles. The molecular formula is C23H36FN9O3. The van der Waals surface area contributed by atoms with Gasteiger partial charge in [-0.3, -0.25) is 29.7 Å². The smallest absolute Gasteiger partial charge is 0.242 e. The molecule has 3 aliphatic heterocycles. The van der Waals surface area contributed by atoms with Gasteiger partial charge >= 0.3 is 0 Å². The predicted molar refractivity (Wildman–Crippen MR) is 134 cm³/mol. The monoisotopic (exact) mass is 505 g/mol. The first-order valence-corrected chi connectivity index (χ1v) is 12.4. The van der Waals surface area contributed by atoms with Crippen LogP contribution in [0.3, 0.4) is 0 Å². The third-order valence-corrected chi connectivity index (χ3v) is 7.35. The number of carbonyl (C=O) groups is 2. The molecule has 1 aromatic rings. The lowest BCUT2D eigenvalue weighted by Crippen LogP contribution is -2.65. The highest BCUT2D eigenvalue weighted by molar-refractivity contribution is 5.96. The molecule has 4 rings (SSSR count). The SMILES string of the molecule is CC(C)N1CCN2CCN(c3ccncc3NC(=O)C(C(N)N=O)C3NCC(F)CN3C)CC2C1=O. The molecule has 4 heterocycles. The van der Waals surface area contributed by atoms with Gasteiger partial charge in [-0.05, 0) is 27.0 Å². The zero-order valence-electron chi connectivity index (χ0n) is 21.0. The Labute approximate surface area is 210 Å². The Morgan fingerprint density at radius 2 is 2.03 bits per heavy atom. The lowest BCUT2D eigenvalue weighted by molar-refractivity contribution is -0.144. The van der Waals surface area contributed by atoms with E-state index in [0.717, 1.165) is 25.3 Å². The summed E-state index contributed by atoms with van der Waals surface area (Å²) < 4.78 is 13.8. The minimum absolute atomic E-state index is 0.0512. The fourth-order valence-corrected chi connectivity index (χ4v) is 5.41. The maximum absolute atomic E-state index is 13.8. The van der Waals surface area contributed by atoms with Crippen molar-refractivity contribution in [2.45, 2.75) is 44.4 Å². The molecule has 2 amide bonds. The number of piperazine rings is 2. The van der Waals surface area contributed by atoms with Gasteiger partial charge in [-0.1, -0.05) is 5.18 Å². The summed E-state index contributed by atoms with van der Waals surface area (Å²) >= 11 is 0. The Kier molecular flexibility index (Phi) is 8.13. The molecule has 0 aliphatic carbocycles. The van der Waals surface area contributed by atoms with E-state index in [1.807, 2.05) is 18.7 Å². The molecule has 13 heteroatoms. The van der Waals surface area contributed by atoms with E-state index in [4.69, 9.17) is 5.73 Å². The van der Waals surface area contributed by atoms with Crippen molar-refractivity contribution in [3.8, 4) is 0 Å². The normalized spacial score (nSPS) is 27.5. The summed E-state index contributed by atoms with van der Waals surface area (Å²) in [6, 6.07) is 1.67. The molecule has 3 saturated heterocycles. The summed E-state index contributed by atoms with van der Waals surface area (Å²) in [6.07, 6.45) is 0.0963. The number of alkyl halides is 1. The zero-order valence-corrected chi connectivity index (χ0v) is 21.0. The van der Waals surface area contributed by atoms with E-state index in [2.05, 4.69) is 30.6 Å². The van der Waals surface area contributed by atoms with Crippen LogP contribution in [0.4, 0.5) is 15.8 Å². The van der Waals surface area contributed by atoms with E-state index in [-0.39, 0.29) is 31.1 Å². The van der Waals surface area contributed by atoms with Crippen molar-refractivity contribution in [1.82, 2.24) is 25.0 Å². The second kappa shape index (κ2) is 11.1. The molecule has 5 unspecified atom stereocenters. The van der Waals surface area contributed by atoms with Crippen LogP contribution in [-0.2, 0) is 9.59 Å². The van der Waals surface area contributed by atoms with Crippen LogP contribution >= 0.6 is 0 Å². The van der Waals surface area contributed by atoms with E-state index in [1.54, 1.807) is 24.2 Å². The molecule has 0 spiro atoms. The topological polar surface area (TPSA) is 140 Å². The van der Waals surface area contributed by atoms with Crippen LogP contribution in [-0.4, -0.2) is 115 Å². The van der Waals surface area contributed by atoms with Crippen LogP contribution < -0.4 is 21.3 Å². The van der Waals surface area contributed by atoms with Gasteiger partial charge in [0.1, 0.15) is 18.1 Å². The first-order valence-electron chi connectivity index (χ1n) is 12.4. The number of halogens is 1. The van der Waals surface area contributed by atoms with Gasteiger partial charge in [0.05, 0.1) is 23.7 Å². The summed E-state index contributed by atoms with van der Waals surface area (Å²) in [7, 11) is 1.66. The first kappa shape index (κ1) is 26.3. The molecule has 1 aromatic heterocycles. The summed E-state index contributed by atoms with van der Waals surface area (Å²) in [5, 5.41) is 8.74. The molecule has 5 atom stereocenters. The molecule has 198 valence electrons. The van der Waals surface area contributed by atoms with Gasteiger partial charge in [-0.2, -0.15) is 0 Å². The lowest BCUT2D eigenvalue weighted by Gasteiger charge is -2.48. The second-order valence-corrected chi connectivity index (χ2v) is 10.0. The lowest BCUT2D eigenvalue weighted by atomic mass is 9.98. The Balaban J connectivity index is 1.53. The highest BCUT2D eigenvalue weighted by Crippen LogP contribution is 2.30. The van der Waals surface area contributed by atoms with Crippen molar-refractivity contribution in [2.24, 2.45) is 16.8 Å². The summed E-state index contributed by atoms with van der Waals surface area (Å²) in [5.41, 5.74) is 7.11. The second-order valence-electron chi connectivity index (χ2n) is 10.0. The highest BCUT2D eigenvalue weighted by atomic mass is 19.1. The van der Waals surface area contributed by atoms with Gasteiger partial charge in [0.15, 0.2) is 6.17 Å². The number of amides is 2. The molecule has 4 N–H and O–H groups in total. The third-order valence-electron chi connectivity index (χ3n) is 7.35. The maximum Gasteiger partial charge on any atom is 0.242 e. The van der Waals surface area contributed by atoms with Crippen molar-refractivity contribution in [2.75, 3.05) is 63.1 Å². The average Bonchev–Trinajstić information content (AvgIpc) is 2.85. The molecule has 12 nitrogen and oxygen atoms in total. The van der Waals surface area contributed by atoms with Crippen molar-refractivity contribution in [3.05, 3.63) is 23.4 Å². The molecule has 3 aliphatic rings. The van der Waals surface area contributed by atoms with Gasteiger partial charge in [0.2, 0.25) is 11.8 Å². The quantitative estimate of drug-likeness (QED) is 0.424. The molecule has 36 heavy (non-hydrogen) atoms. The largest absolute Gasteiger partial charge is 0.366 e. The molecule has 3 fully saturated rings. The van der Waals surface area contributed by atoms with Crippen molar-refractivity contribution in [1.29, 1.82) is 0 Å². The number of nitroso groups, excluding NO2 is 1. The number of nitrogens with two attached hydrogens (primary N) is 1.